The number of hydrogen-bond acceptors (Lipinski definition) is 5. The van der Waals surface area contributed by atoms with Crippen molar-refractivity contribution in [3.63, 3.8) is 0 Å². The van der Waals surface area contributed by atoms with Gasteiger partial charge in [-0.25, -0.2) is 9.78 Å². The number of carbonyl (C=O) groups excluding carboxylic acids is 2. The van der Waals surface area contributed by atoms with Gasteiger partial charge in [0.25, 0.3) is 11.5 Å². The summed E-state index contributed by atoms with van der Waals surface area (Å²) >= 11 is 0. The Labute approximate surface area is 185 Å². The number of anilines is 1. The highest BCUT2D eigenvalue weighted by Crippen LogP contribution is 2.31. The Hall–Kier alpha value is -3.48. The predicted molar refractivity (Wildman–Crippen MR) is 121 cm³/mol. The number of aryl methyl sites for hydroxylation is 1. The third-order valence-corrected chi connectivity index (χ3v) is 6.45. The monoisotopic (exact) mass is 431 g/mol. The summed E-state index contributed by atoms with van der Waals surface area (Å²) in [4.78, 5) is 44.7. The van der Waals surface area contributed by atoms with Crippen LogP contribution in [0.2, 0.25) is 0 Å². The summed E-state index contributed by atoms with van der Waals surface area (Å²) in [7, 11) is 1.35. The highest BCUT2D eigenvalue weighted by atomic mass is 16.5. The summed E-state index contributed by atoms with van der Waals surface area (Å²) in [6, 6.07) is 10.4. The second-order valence-electron chi connectivity index (χ2n) is 8.42. The average molecular weight is 431 g/mol. The Morgan fingerprint density at radius 3 is 2.59 bits per heavy atom. The quantitative estimate of drug-likeness (QED) is 0.580. The molecule has 0 saturated heterocycles. The number of methoxy groups -OCH3 is 1. The maximum atomic E-state index is 13.3. The van der Waals surface area contributed by atoms with E-state index in [0.717, 1.165) is 49.2 Å². The molecule has 0 N–H and O–H groups in total. The van der Waals surface area contributed by atoms with E-state index >= 15 is 0 Å². The van der Waals surface area contributed by atoms with Crippen LogP contribution >= 0.6 is 0 Å². The van der Waals surface area contributed by atoms with E-state index in [1.807, 2.05) is 0 Å². The molecule has 0 atom stereocenters. The molecule has 7 nitrogen and oxygen atoms in total. The Kier molecular flexibility index (Phi) is 5.25. The van der Waals surface area contributed by atoms with Crippen molar-refractivity contribution in [1.29, 1.82) is 0 Å². The normalized spacial score (nSPS) is 15.6. The second kappa shape index (κ2) is 8.22. The molecule has 32 heavy (non-hydrogen) atoms. The van der Waals surface area contributed by atoms with E-state index in [-0.39, 0.29) is 17.4 Å². The van der Waals surface area contributed by atoms with Crippen molar-refractivity contribution in [2.45, 2.75) is 45.1 Å². The van der Waals surface area contributed by atoms with Crippen LogP contribution in [-0.4, -0.2) is 35.1 Å². The number of carbonyl (C=O) groups is 2. The summed E-state index contributed by atoms with van der Waals surface area (Å²) in [5.74, 6) is 0.290. The fourth-order valence-corrected chi connectivity index (χ4v) is 4.74. The van der Waals surface area contributed by atoms with Crippen LogP contribution in [0.5, 0.6) is 0 Å². The molecule has 0 radical (unpaired) electrons. The van der Waals surface area contributed by atoms with Crippen molar-refractivity contribution >= 4 is 28.5 Å². The molecular formula is C25H25N3O4. The third kappa shape index (κ3) is 3.47. The van der Waals surface area contributed by atoms with E-state index in [4.69, 9.17) is 9.72 Å². The van der Waals surface area contributed by atoms with Gasteiger partial charge in [0.2, 0.25) is 0 Å². The Bertz CT molecular complexity index is 1290. The van der Waals surface area contributed by atoms with Crippen LogP contribution in [-0.2, 0) is 24.1 Å². The van der Waals surface area contributed by atoms with Crippen LogP contribution in [0.1, 0.15) is 57.8 Å². The molecule has 2 aliphatic rings. The lowest BCUT2D eigenvalue weighted by Crippen LogP contribution is -2.29. The molecule has 7 heteroatoms. The first-order valence-electron chi connectivity index (χ1n) is 11.1. The van der Waals surface area contributed by atoms with Gasteiger partial charge in [-0.15, -0.1) is 0 Å². The van der Waals surface area contributed by atoms with Crippen LogP contribution < -0.4 is 10.5 Å². The van der Waals surface area contributed by atoms with E-state index in [1.165, 1.54) is 7.11 Å². The number of benzene rings is 2. The zero-order valence-electron chi connectivity index (χ0n) is 18.1. The molecule has 0 fully saturated rings. The van der Waals surface area contributed by atoms with Crippen molar-refractivity contribution < 1.29 is 14.3 Å². The molecule has 3 heterocycles. The van der Waals surface area contributed by atoms with Gasteiger partial charge in [0.1, 0.15) is 5.82 Å². The summed E-state index contributed by atoms with van der Waals surface area (Å²) in [5, 5.41) is 0.551. The maximum Gasteiger partial charge on any atom is 0.337 e. The van der Waals surface area contributed by atoms with E-state index in [0.29, 0.717) is 41.5 Å². The summed E-state index contributed by atoms with van der Waals surface area (Å²) < 4.78 is 6.59. The van der Waals surface area contributed by atoms with Gasteiger partial charge in [-0.05, 0) is 61.2 Å². The number of rotatable bonds is 2. The average Bonchev–Trinajstić information content (AvgIpc) is 3.22. The van der Waals surface area contributed by atoms with Gasteiger partial charge < -0.3 is 9.64 Å². The van der Waals surface area contributed by atoms with Gasteiger partial charge in [-0.2, -0.15) is 0 Å². The summed E-state index contributed by atoms with van der Waals surface area (Å²) in [6.45, 7) is 1.24. The lowest BCUT2D eigenvalue weighted by atomic mass is 10.1. The molecule has 0 saturated carbocycles. The van der Waals surface area contributed by atoms with Crippen LogP contribution in [0.25, 0.3) is 10.9 Å². The smallest absolute Gasteiger partial charge is 0.337 e. The van der Waals surface area contributed by atoms with Crippen molar-refractivity contribution in [3.05, 3.63) is 69.3 Å². The zero-order chi connectivity index (χ0) is 22.2. The highest BCUT2D eigenvalue weighted by molar-refractivity contribution is 6.09. The molecule has 2 aliphatic heterocycles. The number of amides is 1. The molecule has 5 rings (SSSR count). The lowest BCUT2D eigenvalue weighted by Gasteiger charge is -2.19. The molecule has 1 aromatic heterocycles. The van der Waals surface area contributed by atoms with Crippen LogP contribution in [0.4, 0.5) is 5.69 Å². The summed E-state index contributed by atoms with van der Waals surface area (Å²) in [6.07, 6.45) is 5.75. The summed E-state index contributed by atoms with van der Waals surface area (Å²) in [5.41, 5.74) is 3.28. The van der Waals surface area contributed by atoms with Crippen LogP contribution in [0.15, 0.2) is 41.2 Å². The molecule has 0 bridgehead atoms. The van der Waals surface area contributed by atoms with E-state index < -0.39 is 0 Å². The lowest BCUT2D eigenvalue weighted by molar-refractivity contribution is 0.0600. The van der Waals surface area contributed by atoms with Crippen LogP contribution in [0, 0.1) is 0 Å². The van der Waals surface area contributed by atoms with Gasteiger partial charge in [0, 0.05) is 30.8 Å². The zero-order valence-corrected chi connectivity index (χ0v) is 18.1. The molecule has 0 unspecified atom stereocenters. The number of hydrogen-bond donors (Lipinski definition) is 0. The Morgan fingerprint density at radius 2 is 1.75 bits per heavy atom. The first-order valence-corrected chi connectivity index (χ1v) is 11.1. The number of ether oxygens (including phenoxy) is 1. The fraction of sp³-hybridized carbons (Fsp3) is 0.360. The maximum absolute atomic E-state index is 13.3. The van der Waals surface area contributed by atoms with Crippen molar-refractivity contribution in [3.8, 4) is 0 Å². The predicted octanol–water partition coefficient (Wildman–Crippen LogP) is 3.50. The number of fused-ring (bicyclic) bond motifs is 3. The minimum absolute atomic E-state index is 0.0206. The Balaban J connectivity index is 1.49. The molecular weight excluding hydrogens is 406 g/mol. The van der Waals surface area contributed by atoms with E-state index in [1.54, 1.807) is 45.9 Å². The van der Waals surface area contributed by atoms with Crippen molar-refractivity contribution in [1.82, 2.24) is 9.55 Å². The standard InChI is InChI=1S/C25H25N3O4/c1-32-25(31)18-8-10-21-16(14-18)11-13-27(21)23(29)17-7-9-19-20(15-17)26-22-6-4-2-3-5-12-28(22)24(19)30/h7-10,14-15H,2-6,11-13H2,1H3. The second-order valence-corrected chi connectivity index (χ2v) is 8.42. The van der Waals surface area contributed by atoms with E-state index in [9.17, 15) is 14.4 Å². The SMILES string of the molecule is COC(=O)c1ccc2c(c1)CCN2C(=O)c1ccc2c(=O)n3c(nc2c1)CCCCCC3. The number of esters is 1. The topological polar surface area (TPSA) is 81.5 Å². The van der Waals surface area contributed by atoms with Gasteiger partial charge in [0.15, 0.2) is 0 Å². The molecule has 164 valence electrons. The molecule has 0 spiro atoms. The largest absolute Gasteiger partial charge is 0.465 e. The Morgan fingerprint density at radius 1 is 0.938 bits per heavy atom. The minimum Gasteiger partial charge on any atom is -0.465 e. The van der Waals surface area contributed by atoms with Crippen molar-refractivity contribution in [2.24, 2.45) is 0 Å². The molecule has 0 aliphatic carbocycles. The molecule has 1 amide bonds. The van der Waals surface area contributed by atoms with Gasteiger partial charge in [-0.1, -0.05) is 12.8 Å². The van der Waals surface area contributed by atoms with Gasteiger partial charge >= 0.3 is 5.97 Å². The highest BCUT2D eigenvalue weighted by Gasteiger charge is 2.27. The first kappa shape index (κ1) is 20.4. The first-order chi connectivity index (χ1) is 15.6. The van der Waals surface area contributed by atoms with Crippen molar-refractivity contribution in [2.75, 3.05) is 18.6 Å². The fourth-order valence-electron chi connectivity index (χ4n) is 4.74. The van der Waals surface area contributed by atoms with Crippen LogP contribution in [0.3, 0.4) is 0 Å². The minimum atomic E-state index is -0.390. The number of nitrogens with zero attached hydrogens (tertiary/aromatic N) is 3. The molecule has 3 aromatic rings. The van der Waals surface area contributed by atoms with Gasteiger partial charge in [0.05, 0.1) is 23.6 Å². The van der Waals surface area contributed by atoms with E-state index in [2.05, 4.69) is 0 Å². The third-order valence-electron chi connectivity index (χ3n) is 6.45. The number of aromatic nitrogens is 2. The molecule has 2 aromatic carbocycles. The van der Waals surface area contributed by atoms with Gasteiger partial charge in [-0.3, -0.25) is 14.2 Å².